The molecule has 1 aromatic rings. The summed E-state index contributed by atoms with van der Waals surface area (Å²) in [6, 6.07) is 3.58. The molecular weight excluding hydrogens is 300 g/mol. The molecule has 22 heavy (non-hydrogen) atoms. The highest BCUT2D eigenvalue weighted by Gasteiger charge is 2.17. The Labute approximate surface area is 137 Å². The topological polar surface area (TPSA) is 41.6 Å². The lowest BCUT2D eigenvalue weighted by Crippen LogP contribution is -2.36. The predicted octanol–water partition coefficient (Wildman–Crippen LogP) is 3.72. The van der Waals surface area contributed by atoms with E-state index in [-0.39, 0.29) is 5.91 Å². The molecule has 5 heteroatoms. The Balaban J connectivity index is 1.90. The maximum atomic E-state index is 12.2. The first-order valence-electron chi connectivity index (χ1n) is 7.86. The van der Waals surface area contributed by atoms with E-state index in [0.717, 1.165) is 31.1 Å². The summed E-state index contributed by atoms with van der Waals surface area (Å²) in [5.74, 6) is 1.34. The van der Waals surface area contributed by atoms with Gasteiger partial charge in [0, 0.05) is 30.6 Å². The summed E-state index contributed by atoms with van der Waals surface area (Å²) in [5.41, 5.74) is 1.60. The fourth-order valence-electron chi connectivity index (χ4n) is 2.89. The Morgan fingerprint density at radius 3 is 2.95 bits per heavy atom. The first kappa shape index (κ1) is 17.1. The first-order chi connectivity index (χ1) is 10.5. The zero-order valence-electron chi connectivity index (χ0n) is 13.6. The lowest BCUT2D eigenvalue weighted by molar-refractivity contribution is -0.116. The van der Waals surface area contributed by atoms with Gasteiger partial charge in [0.1, 0.15) is 5.75 Å². The highest BCUT2D eigenvalue weighted by molar-refractivity contribution is 6.31. The molecule has 0 spiro atoms. The molecule has 1 aliphatic rings. The second-order valence-electron chi connectivity index (χ2n) is 6.15. The molecule has 2 rings (SSSR count). The van der Waals surface area contributed by atoms with Crippen LogP contribution in [0.1, 0.15) is 31.7 Å². The third-order valence-corrected chi connectivity index (χ3v) is 4.56. The molecule has 4 nitrogen and oxygen atoms in total. The van der Waals surface area contributed by atoms with Crippen LogP contribution >= 0.6 is 11.6 Å². The molecule has 0 aliphatic carbocycles. The summed E-state index contributed by atoms with van der Waals surface area (Å²) in [5, 5.41) is 3.57. The van der Waals surface area contributed by atoms with Gasteiger partial charge < -0.3 is 15.0 Å². The van der Waals surface area contributed by atoms with Crippen molar-refractivity contribution in [1.82, 2.24) is 4.90 Å². The molecule has 1 aliphatic heterocycles. The Hall–Kier alpha value is -1.26. The van der Waals surface area contributed by atoms with Crippen molar-refractivity contribution in [3.05, 3.63) is 22.7 Å². The number of ether oxygens (including phenoxy) is 1. The largest absolute Gasteiger partial charge is 0.495 e. The zero-order chi connectivity index (χ0) is 16.1. The quantitative estimate of drug-likeness (QED) is 0.897. The molecule has 0 radical (unpaired) electrons. The summed E-state index contributed by atoms with van der Waals surface area (Å²) in [6.45, 7) is 7.18. The maximum absolute atomic E-state index is 12.2. The van der Waals surface area contributed by atoms with Gasteiger partial charge in [-0.3, -0.25) is 4.79 Å². The Bertz CT molecular complexity index is 534. The van der Waals surface area contributed by atoms with Gasteiger partial charge in [0.25, 0.3) is 0 Å². The van der Waals surface area contributed by atoms with Crippen LogP contribution in [0.25, 0.3) is 0 Å². The number of nitrogens with one attached hydrogen (secondary N) is 1. The van der Waals surface area contributed by atoms with Crippen molar-refractivity contribution >= 4 is 23.2 Å². The van der Waals surface area contributed by atoms with Crippen molar-refractivity contribution < 1.29 is 9.53 Å². The molecule has 122 valence electrons. The van der Waals surface area contributed by atoms with Gasteiger partial charge in [-0.1, -0.05) is 18.5 Å². The third kappa shape index (κ3) is 4.62. The molecule has 1 heterocycles. The predicted molar refractivity (Wildman–Crippen MR) is 90.8 cm³/mol. The summed E-state index contributed by atoms with van der Waals surface area (Å²) < 4.78 is 5.28. The van der Waals surface area contributed by atoms with Crippen LogP contribution in [-0.2, 0) is 4.79 Å². The van der Waals surface area contributed by atoms with Gasteiger partial charge in [0.05, 0.1) is 12.8 Å². The van der Waals surface area contributed by atoms with Gasteiger partial charge >= 0.3 is 0 Å². The number of piperidine rings is 1. The summed E-state index contributed by atoms with van der Waals surface area (Å²) in [7, 11) is 1.58. The second-order valence-corrected chi connectivity index (χ2v) is 6.56. The highest BCUT2D eigenvalue weighted by Crippen LogP contribution is 2.31. The van der Waals surface area contributed by atoms with E-state index in [2.05, 4.69) is 17.1 Å². The zero-order valence-corrected chi connectivity index (χ0v) is 14.4. The van der Waals surface area contributed by atoms with Crippen molar-refractivity contribution in [3.8, 4) is 5.75 Å². The number of halogens is 1. The normalized spacial score (nSPS) is 19.0. The molecule has 1 saturated heterocycles. The van der Waals surface area contributed by atoms with Crippen molar-refractivity contribution in [2.45, 2.75) is 33.1 Å². The molecule has 1 amide bonds. The van der Waals surface area contributed by atoms with E-state index in [1.54, 1.807) is 13.2 Å². The number of aryl methyl sites for hydroxylation is 1. The van der Waals surface area contributed by atoms with Crippen LogP contribution in [0.5, 0.6) is 5.75 Å². The average Bonchev–Trinajstić information content (AvgIpc) is 2.49. The fourth-order valence-corrected chi connectivity index (χ4v) is 3.05. The molecule has 0 saturated carbocycles. The number of carbonyl (C=O) groups excluding carboxylic acids is 1. The SMILES string of the molecule is COc1cc(Cl)c(C)cc1NC(=O)CCN1CCCC(C)C1. The van der Waals surface area contributed by atoms with E-state index < -0.39 is 0 Å². The number of hydrogen-bond acceptors (Lipinski definition) is 3. The minimum atomic E-state index is 0.0123. The number of nitrogens with zero attached hydrogens (tertiary/aromatic N) is 1. The number of hydrogen-bond donors (Lipinski definition) is 1. The summed E-state index contributed by atoms with van der Waals surface area (Å²) in [4.78, 5) is 14.5. The maximum Gasteiger partial charge on any atom is 0.225 e. The first-order valence-corrected chi connectivity index (χ1v) is 8.23. The highest BCUT2D eigenvalue weighted by atomic mass is 35.5. The van der Waals surface area contributed by atoms with Gasteiger partial charge in [-0.25, -0.2) is 0 Å². The van der Waals surface area contributed by atoms with Crippen molar-refractivity contribution in [3.63, 3.8) is 0 Å². The van der Waals surface area contributed by atoms with Gasteiger partial charge in [0.15, 0.2) is 0 Å². The molecular formula is C17H25ClN2O2. The average molecular weight is 325 g/mol. The fraction of sp³-hybridized carbons (Fsp3) is 0.588. The van der Waals surface area contributed by atoms with E-state index in [9.17, 15) is 4.79 Å². The number of carbonyl (C=O) groups is 1. The smallest absolute Gasteiger partial charge is 0.225 e. The Morgan fingerprint density at radius 2 is 2.27 bits per heavy atom. The van der Waals surface area contributed by atoms with E-state index >= 15 is 0 Å². The number of rotatable bonds is 5. The number of benzene rings is 1. The van der Waals surface area contributed by atoms with Crippen LogP contribution in [-0.4, -0.2) is 37.6 Å². The van der Waals surface area contributed by atoms with E-state index in [0.29, 0.717) is 22.9 Å². The minimum absolute atomic E-state index is 0.0123. The van der Waals surface area contributed by atoms with E-state index in [4.69, 9.17) is 16.3 Å². The molecule has 1 fully saturated rings. The molecule has 1 N–H and O–H groups in total. The van der Waals surface area contributed by atoms with Crippen LogP contribution in [0.2, 0.25) is 5.02 Å². The summed E-state index contributed by atoms with van der Waals surface area (Å²) in [6.07, 6.45) is 3.02. The monoisotopic (exact) mass is 324 g/mol. The van der Waals surface area contributed by atoms with Gasteiger partial charge in [-0.2, -0.15) is 0 Å². The number of anilines is 1. The third-order valence-electron chi connectivity index (χ3n) is 4.15. The van der Waals surface area contributed by atoms with Crippen LogP contribution in [0, 0.1) is 12.8 Å². The Kier molecular flexibility index (Phi) is 6.09. The van der Waals surface area contributed by atoms with Gasteiger partial charge in [-0.15, -0.1) is 0 Å². The van der Waals surface area contributed by atoms with Crippen molar-refractivity contribution in [1.29, 1.82) is 0 Å². The molecule has 1 atom stereocenters. The lowest BCUT2D eigenvalue weighted by Gasteiger charge is -2.30. The van der Waals surface area contributed by atoms with Crippen molar-refractivity contribution in [2.75, 3.05) is 32.1 Å². The number of methoxy groups -OCH3 is 1. The van der Waals surface area contributed by atoms with Gasteiger partial charge in [0.2, 0.25) is 5.91 Å². The number of amides is 1. The van der Waals surface area contributed by atoms with Crippen LogP contribution in [0.15, 0.2) is 12.1 Å². The van der Waals surface area contributed by atoms with Gasteiger partial charge in [-0.05, 0) is 43.9 Å². The molecule has 1 aromatic carbocycles. The molecule has 1 unspecified atom stereocenters. The number of likely N-dealkylation sites (tertiary alicyclic amines) is 1. The molecule has 0 bridgehead atoms. The van der Waals surface area contributed by atoms with Crippen LogP contribution < -0.4 is 10.1 Å². The standard InChI is InChI=1S/C17H25ClN2O2/c1-12-5-4-7-20(11-12)8-6-17(21)19-15-9-13(2)14(18)10-16(15)22-3/h9-10,12H,4-8,11H2,1-3H3,(H,19,21). The lowest BCUT2D eigenvalue weighted by atomic mass is 10.0. The van der Waals surface area contributed by atoms with E-state index in [1.165, 1.54) is 12.8 Å². The Morgan fingerprint density at radius 1 is 1.50 bits per heavy atom. The molecule has 0 aromatic heterocycles. The second kappa shape index (κ2) is 7.84. The van der Waals surface area contributed by atoms with Crippen LogP contribution in [0.4, 0.5) is 5.69 Å². The van der Waals surface area contributed by atoms with Crippen LogP contribution in [0.3, 0.4) is 0 Å². The van der Waals surface area contributed by atoms with E-state index in [1.807, 2.05) is 13.0 Å². The van der Waals surface area contributed by atoms with Crippen molar-refractivity contribution in [2.24, 2.45) is 5.92 Å². The minimum Gasteiger partial charge on any atom is -0.495 e. The summed E-state index contributed by atoms with van der Waals surface area (Å²) >= 11 is 6.08.